The fourth-order valence-electron chi connectivity index (χ4n) is 2.98. The highest BCUT2D eigenvalue weighted by molar-refractivity contribution is 5.76. The van der Waals surface area contributed by atoms with Crippen LogP contribution in [0.15, 0.2) is 4.52 Å². The van der Waals surface area contributed by atoms with Gasteiger partial charge < -0.3 is 24.4 Å². The molecule has 0 aromatic carbocycles. The van der Waals surface area contributed by atoms with Crippen molar-refractivity contribution in [3.05, 3.63) is 17.0 Å². The van der Waals surface area contributed by atoms with Crippen LogP contribution in [0.4, 0.5) is 0 Å². The predicted molar refractivity (Wildman–Crippen MR) is 71.7 cm³/mol. The molecule has 1 amide bonds. The molecule has 2 aliphatic rings. The molecule has 0 unspecified atom stereocenters. The predicted octanol–water partition coefficient (Wildman–Crippen LogP) is -0.133. The Labute approximate surface area is 122 Å². The van der Waals surface area contributed by atoms with Gasteiger partial charge in [0, 0.05) is 12.0 Å². The number of hydrogen-bond acceptors (Lipinski definition) is 6. The average Bonchev–Trinajstić information content (AvgIpc) is 3.09. The van der Waals surface area contributed by atoms with Gasteiger partial charge >= 0.3 is 0 Å². The highest BCUT2D eigenvalue weighted by Gasteiger charge is 2.47. The van der Waals surface area contributed by atoms with Gasteiger partial charge in [-0.1, -0.05) is 5.16 Å². The lowest BCUT2D eigenvalue weighted by Gasteiger charge is -2.17. The third kappa shape index (κ3) is 2.81. The fourth-order valence-corrected chi connectivity index (χ4v) is 2.98. The number of aromatic nitrogens is 1. The summed E-state index contributed by atoms with van der Waals surface area (Å²) in [5.74, 6) is 0.695. The molecule has 0 radical (unpaired) electrons. The van der Waals surface area contributed by atoms with Crippen LogP contribution in [0.5, 0.6) is 0 Å². The van der Waals surface area contributed by atoms with Gasteiger partial charge in [-0.2, -0.15) is 0 Å². The van der Waals surface area contributed by atoms with Crippen molar-refractivity contribution in [3.63, 3.8) is 0 Å². The highest BCUT2D eigenvalue weighted by atomic mass is 16.6. The SMILES string of the molecule is Cc1noc(C)c1CCC(=O)N[C@H]1CO[C@H]2[C@@H]1OC[C@H]2O. The van der Waals surface area contributed by atoms with Crippen molar-refractivity contribution in [2.45, 2.75) is 51.0 Å². The molecule has 0 spiro atoms. The average molecular weight is 296 g/mol. The summed E-state index contributed by atoms with van der Waals surface area (Å²) >= 11 is 0. The molecule has 2 aliphatic heterocycles. The molecule has 2 N–H and O–H groups in total. The minimum atomic E-state index is -0.598. The van der Waals surface area contributed by atoms with Gasteiger partial charge in [-0.15, -0.1) is 0 Å². The summed E-state index contributed by atoms with van der Waals surface area (Å²) in [5.41, 5.74) is 1.81. The molecule has 0 bridgehead atoms. The number of aryl methyl sites for hydroxylation is 2. The van der Waals surface area contributed by atoms with E-state index >= 15 is 0 Å². The summed E-state index contributed by atoms with van der Waals surface area (Å²) in [6.07, 6.45) is -0.211. The second kappa shape index (κ2) is 5.75. The number of amides is 1. The molecule has 3 rings (SSSR count). The molecule has 0 aliphatic carbocycles. The van der Waals surface area contributed by atoms with Crippen LogP contribution < -0.4 is 5.32 Å². The van der Waals surface area contributed by atoms with E-state index in [2.05, 4.69) is 10.5 Å². The molecule has 7 nitrogen and oxygen atoms in total. The summed E-state index contributed by atoms with van der Waals surface area (Å²) in [6.45, 7) is 4.35. The van der Waals surface area contributed by atoms with Gasteiger partial charge in [-0.05, 0) is 20.3 Å². The summed E-state index contributed by atoms with van der Waals surface area (Å²) < 4.78 is 16.0. The van der Waals surface area contributed by atoms with Gasteiger partial charge in [0.1, 0.15) is 24.1 Å². The molecular formula is C14H20N2O5. The molecule has 3 heterocycles. The Morgan fingerprint density at radius 2 is 2.10 bits per heavy atom. The van der Waals surface area contributed by atoms with Crippen LogP contribution in [0, 0.1) is 13.8 Å². The number of fused-ring (bicyclic) bond motifs is 1. The maximum absolute atomic E-state index is 12.1. The lowest BCUT2D eigenvalue weighted by molar-refractivity contribution is -0.122. The molecule has 1 aromatic heterocycles. The number of hydrogen-bond donors (Lipinski definition) is 2. The summed E-state index contributed by atoms with van der Waals surface area (Å²) in [4.78, 5) is 12.1. The third-order valence-electron chi connectivity index (χ3n) is 4.16. The van der Waals surface area contributed by atoms with E-state index in [-0.39, 0.29) is 30.8 Å². The van der Waals surface area contributed by atoms with Gasteiger partial charge in [0.05, 0.1) is 24.9 Å². The Balaban J connectivity index is 1.51. The monoisotopic (exact) mass is 296 g/mol. The van der Waals surface area contributed by atoms with E-state index in [1.165, 1.54) is 0 Å². The van der Waals surface area contributed by atoms with Gasteiger partial charge in [0.15, 0.2) is 0 Å². The number of nitrogens with zero attached hydrogens (tertiary/aromatic N) is 1. The number of ether oxygens (including phenoxy) is 2. The molecule has 7 heteroatoms. The zero-order valence-corrected chi connectivity index (χ0v) is 12.2. The van der Waals surface area contributed by atoms with Crippen LogP contribution in [-0.4, -0.2) is 53.7 Å². The van der Waals surface area contributed by atoms with Crippen LogP contribution in [-0.2, 0) is 20.7 Å². The summed E-state index contributed by atoms with van der Waals surface area (Å²) in [6, 6.07) is -0.190. The van der Waals surface area contributed by atoms with Crippen molar-refractivity contribution in [2.75, 3.05) is 13.2 Å². The van der Waals surface area contributed by atoms with Crippen LogP contribution >= 0.6 is 0 Å². The van der Waals surface area contributed by atoms with Gasteiger partial charge in [0.2, 0.25) is 5.91 Å². The van der Waals surface area contributed by atoms with Crippen molar-refractivity contribution in [1.29, 1.82) is 0 Å². The largest absolute Gasteiger partial charge is 0.388 e. The van der Waals surface area contributed by atoms with Crippen molar-refractivity contribution >= 4 is 5.91 Å². The summed E-state index contributed by atoms with van der Waals surface area (Å²) in [7, 11) is 0. The topological polar surface area (TPSA) is 93.8 Å². The van der Waals surface area contributed by atoms with E-state index in [1.54, 1.807) is 0 Å². The standard InChI is InChI=1S/C14H20N2O5/c1-7-9(8(2)21-16-7)3-4-12(18)15-10-5-19-14-11(17)6-20-13(10)14/h10-11,13-14,17H,3-6H2,1-2H3,(H,15,18)/t10-,11+,13+,14+/m0/s1. The van der Waals surface area contributed by atoms with Crippen molar-refractivity contribution in [1.82, 2.24) is 10.5 Å². The number of rotatable bonds is 4. The third-order valence-corrected chi connectivity index (χ3v) is 4.16. The molecule has 116 valence electrons. The maximum atomic E-state index is 12.1. The van der Waals surface area contributed by atoms with E-state index in [4.69, 9.17) is 14.0 Å². The fraction of sp³-hybridized carbons (Fsp3) is 0.714. The van der Waals surface area contributed by atoms with Crippen molar-refractivity contribution in [2.24, 2.45) is 0 Å². The molecule has 21 heavy (non-hydrogen) atoms. The molecule has 0 saturated carbocycles. The van der Waals surface area contributed by atoms with Crippen molar-refractivity contribution < 1.29 is 23.9 Å². The Hall–Kier alpha value is -1.44. The Kier molecular flexibility index (Phi) is 3.97. The van der Waals surface area contributed by atoms with E-state index < -0.39 is 6.10 Å². The molecule has 2 fully saturated rings. The van der Waals surface area contributed by atoms with E-state index in [1.807, 2.05) is 13.8 Å². The zero-order chi connectivity index (χ0) is 15.0. The minimum absolute atomic E-state index is 0.0609. The number of carbonyl (C=O) groups is 1. The molecule has 1 aromatic rings. The van der Waals surface area contributed by atoms with Crippen molar-refractivity contribution in [3.8, 4) is 0 Å². The highest BCUT2D eigenvalue weighted by Crippen LogP contribution is 2.27. The maximum Gasteiger partial charge on any atom is 0.220 e. The minimum Gasteiger partial charge on any atom is -0.388 e. The number of nitrogens with one attached hydrogen (secondary N) is 1. The smallest absolute Gasteiger partial charge is 0.220 e. The van der Waals surface area contributed by atoms with Crippen LogP contribution in [0.1, 0.15) is 23.4 Å². The first-order chi connectivity index (χ1) is 10.1. The Morgan fingerprint density at radius 1 is 1.33 bits per heavy atom. The first-order valence-electron chi connectivity index (χ1n) is 7.18. The first kappa shape index (κ1) is 14.5. The van der Waals surface area contributed by atoms with E-state index in [9.17, 15) is 9.90 Å². The molecular weight excluding hydrogens is 276 g/mol. The molecule has 2 saturated heterocycles. The zero-order valence-electron chi connectivity index (χ0n) is 12.2. The van der Waals surface area contributed by atoms with Gasteiger partial charge in [-0.3, -0.25) is 4.79 Å². The quantitative estimate of drug-likeness (QED) is 0.803. The van der Waals surface area contributed by atoms with E-state index in [0.717, 1.165) is 17.0 Å². The normalized spacial score (nSPS) is 31.4. The lowest BCUT2D eigenvalue weighted by Crippen LogP contribution is -2.44. The second-order valence-electron chi connectivity index (χ2n) is 5.64. The number of aliphatic hydroxyl groups excluding tert-OH is 1. The van der Waals surface area contributed by atoms with Crippen LogP contribution in [0.25, 0.3) is 0 Å². The van der Waals surface area contributed by atoms with Crippen LogP contribution in [0.2, 0.25) is 0 Å². The summed E-state index contributed by atoms with van der Waals surface area (Å²) in [5, 5.41) is 16.5. The Bertz CT molecular complexity index is 510. The Morgan fingerprint density at radius 3 is 2.81 bits per heavy atom. The van der Waals surface area contributed by atoms with Gasteiger partial charge in [-0.25, -0.2) is 0 Å². The first-order valence-corrected chi connectivity index (χ1v) is 7.18. The number of aliphatic hydroxyl groups is 1. The lowest BCUT2D eigenvalue weighted by atomic mass is 10.1. The van der Waals surface area contributed by atoms with Gasteiger partial charge in [0.25, 0.3) is 0 Å². The van der Waals surface area contributed by atoms with E-state index in [0.29, 0.717) is 19.4 Å². The number of carbonyl (C=O) groups excluding carboxylic acids is 1. The van der Waals surface area contributed by atoms with Crippen LogP contribution in [0.3, 0.4) is 0 Å². The second-order valence-corrected chi connectivity index (χ2v) is 5.64. The molecule has 4 atom stereocenters.